The van der Waals surface area contributed by atoms with Gasteiger partial charge in [0.15, 0.2) is 11.5 Å². The van der Waals surface area contributed by atoms with Crippen LogP contribution in [0.5, 0.6) is 11.5 Å². The minimum atomic E-state index is -0.231. The summed E-state index contributed by atoms with van der Waals surface area (Å²) in [5.74, 6) is 1.33. The molecule has 0 radical (unpaired) electrons. The summed E-state index contributed by atoms with van der Waals surface area (Å²) in [4.78, 5) is 13.2. The van der Waals surface area contributed by atoms with Gasteiger partial charge in [-0.15, -0.1) is 0 Å². The number of hydrogen-bond acceptors (Lipinski definition) is 4. The molecule has 0 aromatic heterocycles. The second-order valence-electron chi connectivity index (χ2n) is 5.31. The zero-order valence-corrected chi connectivity index (χ0v) is 13.9. The Kier molecular flexibility index (Phi) is 8.36. The maximum Gasteiger partial charge on any atom is 0.217 e. The van der Waals surface area contributed by atoms with E-state index in [-0.39, 0.29) is 5.91 Å². The molecule has 22 heavy (non-hydrogen) atoms. The molecule has 2 N–H and O–H groups in total. The maximum atomic E-state index is 10.8. The van der Waals surface area contributed by atoms with E-state index in [0.717, 1.165) is 56.0 Å². The average molecular weight is 308 g/mol. The first-order valence-electron chi connectivity index (χ1n) is 7.82. The highest BCUT2D eigenvalue weighted by Gasteiger charge is 2.11. The monoisotopic (exact) mass is 308 g/mol. The number of para-hydroxylation sites is 1. The van der Waals surface area contributed by atoms with Gasteiger partial charge in [-0.1, -0.05) is 19.1 Å². The molecule has 0 aliphatic carbocycles. The van der Waals surface area contributed by atoms with Crippen LogP contribution in [0, 0.1) is 0 Å². The first-order valence-corrected chi connectivity index (χ1v) is 7.82. The highest BCUT2D eigenvalue weighted by atomic mass is 16.5. The molecule has 0 fully saturated rings. The van der Waals surface area contributed by atoms with Gasteiger partial charge >= 0.3 is 0 Å². The molecule has 0 aliphatic heterocycles. The van der Waals surface area contributed by atoms with E-state index in [1.54, 1.807) is 14.2 Å². The number of benzene rings is 1. The molecule has 0 bridgehead atoms. The summed E-state index contributed by atoms with van der Waals surface area (Å²) in [5.41, 5.74) is 6.34. The Bertz CT molecular complexity index is 463. The highest BCUT2D eigenvalue weighted by molar-refractivity contribution is 5.73. The molecular weight excluding hydrogens is 280 g/mol. The third-order valence-electron chi connectivity index (χ3n) is 3.62. The average Bonchev–Trinajstić information content (AvgIpc) is 2.51. The summed E-state index contributed by atoms with van der Waals surface area (Å²) in [6.45, 7) is 5.00. The lowest BCUT2D eigenvalue weighted by molar-refractivity contribution is -0.118. The van der Waals surface area contributed by atoms with Gasteiger partial charge in [-0.05, 0) is 44.0 Å². The molecule has 5 heteroatoms. The number of carbonyl (C=O) groups is 1. The van der Waals surface area contributed by atoms with Gasteiger partial charge in [0.1, 0.15) is 0 Å². The predicted octanol–water partition coefficient (Wildman–Crippen LogP) is 2.22. The summed E-state index contributed by atoms with van der Waals surface area (Å²) >= 11 is 0. The fourth-order valence-electron chi connectivity index (χ4n) is 2.56. The fraction of sp³-hybridized carbons (Fsp3) is 0.588. The molecule has 0 aliphatic rings. The summed E-state index contributed by atoms with van der Waals surface area (Å²) in [5, 5.41) is 0. The van der Waals surface area contributed by atoms with Crippen LogP contribution in [0.4, 0.5) is 0 Å². The van der Waals surface area contributed by atoms with Gasteiger partial charge in [0.25, 0.3) is 0 Å². The summed E-state index contributed by atoms with van der Waals surface area (Å²) in [6, 6.07) is 5.95. The first-order chi connectivity index (χ1) is 10.6. The lowest BCUT2D eigenvalue weighted by atomic mass is 10.1. The number of amides is 1. The Morgan fingerprint density at radius 3 is 2.55 bits per heavy atom. The minimum Gasteiger partial charge on any atom is -0.493 e. The smallest absolute Gasteiger partial charge is 0.217 e. The van der Waals surface area contributed by atoms with Crippen molar-refractivity contribution < 1.29 is 14.3 Å². The van der Waals surface area contributed by atoms with Crippen LogP contribution in [0.2, 0.25) is 0 Å². The molecule has 1 rings (SSSR count). The zero-order chi connectivity index (χ0) is 16.4. The van der Waals surface area contributed by atoms with Crippen LogP contribution in [-0.2, 0) is 11.2 Å². The number of rotatable bonds is 11. The van der Waals surface area contributed by atoms with Crippen molar-refractivity contribution >= 4 is 5.91 Å². The van der Waals surface area contributed by atoms with Crippen LogP contribution in [0.25, 0.3) is 0 Å². The summed E-state index contributed by atoms with van der Waals surface area (Å²) < 4.78 is 10.8. The predicted molar refractivity (Wildman–Crippen MR) is 88.4 cm³/mol. The SMILES string of the molecule is CCCN(CCCC(N)=O)CCc1cccc(OC)c1OC. The summed E-state index contributed by atoms with van der Waals surface area (Å²) in [6.07, 6.45) is 3.23. The number of carbonyl (C=O) groups excluding carboxylic acids is 1. The molecule has 0 saturated carbocycles. The van der Waals surface area contributed by atoms with Crippen molar-refractivity contribution in [1.29, 1.82) is 0 Å². The van der Waals surface area contributed by atoms with Gasteiger partial charge in [0.05, 0.1) is 14.2 Å². The van der Waals surface area contributed by atoms with E-state index in [9.17, 15) is 4.79 Å². The van der Waals surface area contributed by atoms with Crippen molar-refractivity contribution in [2.45, 2.75) is 32.6 Å². The third kappa shape index (κ3) is 5.93. The molecule has 0 saturated heterocycles. The van der Waals surface area contributed by atoms with Crippen molar-refractivity contribution in [3.63, 3.8) is 0 Å². The van der Waals surface area contributed by atoms with Gasteiger partial charge in [-0.2, -0.15) is 0 Å². The number of methoxy groups -OCH3 is 2. The van der Waals surface area contributed by atoms with E-state index in [1.165, 1.54) is 0 Å². The largest absolute Gasteiger partial charge is 0.493 e. The van der Waals surface area contributed by atoms with Crippen LogP contribution < -0.4 is 15.2 Å². The molecule has 1 aromatic carbocycles. The van der Waals surface area contributed by atoms with Crippen molar-refractivity contribution in [2.75, 3.05) is 33.9 Å². The van der Waals surface area contributed by atoms with E-state index >= 15 is 0 Å². The lowest BCUT2D eigenvalue weighted by Crippen LogP contribution is -2.29. The number of ether oxygens (including phenoxy) is 2. The van der Waals surface area contributed by atoms with E-state index in [4.69, 9.17) is 15.2 Å². The van der Waals surface area contributed by atoms with E-state index < -0.39 is 0 Å². The normalized spacial score (nSPS) is 10.7. The van der Waals surface area contributed by atoms with Crippen LogP contribution in [0.1, 0.15) is 31.7 Å². The molecule has 1 amide bonds. The summed E-state index contributed by atoms with van der Waals surface area (Å²) in [7, 11) is 3.31. The Hall–Kier alpha value is -1.75. The molecular formula is C17H28N2O3. The molecule has 5 nitrogen and oxygen atoms in total. The van der Waals surface area contributed by atoms with Crippen LogP contribution in [-0.4, -0.2) is 44.7 Å². The number of nitrogens with two attached hydrogens (primary N) is 1. The first kappa shape index (κ1) is 18.3. The Balaban J connectivity index is 2.62. The Morgan fingerprint density at radius 1 is 1.18 bits per heavy atom. The molecule has 0 unspecified atom stereocenters. The Labute approximate surface area is 133 Å². The van der Waals surface area contributed by atoms with Crippen molar-refractivity contribution in [2.24, 2.45) is 5.73 Å². The van der Waals surface area contributed by atoms with Crippen LogP contribution in [0.3, 0.4) is 0 Å². The molecule has 0 heterocycles. The maximum absolute atomic E-state index is 10.8. The molecule has 0 spiro atoms. The molecule has 0 atom stereocenters. The number of hydrogen-bond donors (Lipinski definition) is 1. The molecule has 124 valence electrons. The number of primary amides is 1. The third-order valence-corrected chi connectivity index (χ3v) is 3.62. The standard InChI is InChI=1S/C17H28N2O3/c1-4-11-19(12-6-9-16(18)20)13-10-14-7-5-8-15(21-2)17(14)22-3/h5,7-8H,4,6,9-13H2,1-3H3,(H2,18,20). The number of nitrogens with zero attached hydrogens (tertiary/aromatic N) is 1. The van der Waals surface area contributed by atoms with Crippen molar-refractivity contribution in [3.05, 3.63) is 23.8 Å². The topological polar surface area (TPSA) is 64.8 Å². The second kappa shape index (κ2) is 10.1. The van der Waals surface area contributed by atoms with Gasteiger partial charge < -0.3 is 20.1 Å². The van der Waals surface area contributed by atoms with Gasteiger partial charge in [0, 0.05) is 13.0 Å². The van der Waals surface area contributed by atoms with Crippen LogP contribution in [0.15, 0.2) is 18.2 Å². The lowest BCUT2D eigenvalue weighted by Gasteiger charge is -2.22. The zero-order valence-electron chi connectivity index (χ0n) is 13.9. The van der Waals surface area contributed by atoms with Crippen molar-refractivity contribution in [3.8, 4) is 11.5 Å². The van der Waals surface area contributed by atoms with Gasteiger partial charge in [-0.3, -0.25) is 4.79 Å². The van der Waals surface area contributed by atoms with E-state index in [2.05, 4.69) is 17.9 Å². The van der Waals surface area contributed by atoms with Crippen molar-refractivity contribution in [1.82, 2.24) is 4.90 Å². The Morgan fingerprint density at radius 2 is 1.95 bits per heavy atom. The van der Waals surface area contributed by atoms with E-state index in [0.29, 0.717) is 6.42 Å². The quantitative estimate of drug-likeness (QED) is 0.681. The van der Waals surface area contributed by atoms with E-state index in [1.807, 2.05) is 12.1 Å². The highest BCUT2D eigenvalue weighted by Crippen LogP contribution is 2.31. The molecule has 1 aromatic rings. The van der Waals surface area contributed by atoms with Crippen LogP contribution >= 0.6 is 0 Å². The minimum absolute atomic E-state index is 0.231. The van der Waals surface area contributed by atoms with Gasteiger partial charge in [0.2, 0.25) is 5.91 Å². The second-order valence-corrected chi connectivity index (χ2v) is 5.31. The van der Waals surface area contributed by atoms with Gasteiger partial charge in [-0.25, -0.2) is 0 Å². The fourth-order valence-corrected chi connectivity index (χ4v) is 2.56.